The molecular weight excluding hydrogens is 676 g/mol. The van der Waals surface area contributed by atoms with Crippen molar-refractivity contribution in [1.29, 1.82) is 0 Å². The summed E-state index contributed by atoms with van der Waals surface area (Å²) in [4.78, 5) is 24.1. The normalized spacial score (nSPS) is 12.5. The maximum atomic E-state index is 12.2. The van der Waals surface area contributed by atoms with Crippen molar-refractivity contribution in [1.82, 2.24) is 14.2 Å². The van der Waals surface area contributed by atoms with Crippen LogP contribution in [0.15, 0.2) is 23.3 Å². The van der Waals surface area contributed by atoms with Crippen molar-refractivity contribution >= 4 is 69.4 Å². The number of benzene rings is 1. The Morgan fingerprint density at radius 3 is 2.12 bits per heavy atom. The summed E-state index contributed by atoms with van der Waals surface area (Å²) in [6.07, 6.45) is 1.69. The third kappa shape index (κ3) is 17.5. The third-order valence-corrected chi connectivity index (χ3v) is 6.40. The molecule has 2 rings (SSSR count). The Morgan fingerprint density at radius 2 is 1.50 bits per heavy atom. The number of hydrazone groups is 1. The highest BCUT2D eigenvalue weighted by molar-refractivity contribution is 14.1. The molecule has 1 aromatic rings. The van der Waals surface area contributed by atoms with Crippen LogP contribution in [-0.2, 0) is 28.5 Å². The zero-order valence-electron chi connectivity index (χ0n) is 23.3. The number of carbonyl (C=O) groups excluding carboxylic acids is 2. The van der Waals surface area contributed by atoms with Gasteiger partial charge in [-0.1, -0.05) is 37.0 Å². The fraction of sp³-hybridized carbons (Fsp3) is 0.654. The lowest BCUT2D eigenvalue weighted by molar-refractivity contribution is -0.123. The molecule has 2 amide bonds. The number of rotatable bonds is 20. The SMILES string of the molecule is CC.O=C(CCOCCOCCOCCOCCNI)NCCCC(=O)NC1=NN(c2ccc(Cl)c(Cl)c2)CC1. The number of hydrogen-bond acceptors (Lipinski definition) is 9. The second-order valence-electron chi connectivity index (χ2n) is 8.10. The van der Waals surface area contributed by atoms with E-state index >= 15 is 0 Å². The van der Waals surface area contributed by atoms with E-state index < -0.39 is 0 Å². The Labute approximate surface area is 261 Å². The van der Waals surface area contributed by atoms with Gasteiger partial charge in [0.05, 0.1) is 68.6 Å². The first kappa shape index (κ1) is 36.8. The monoisotopic (exact) mass is 717 g/mol. The van der Waals surface area contributed by atoms with Gasteiger partial charge in [-0.25, -0.2) is 0 Å². The molecule has 0 unspecified atom stereocenters. The Balaban J connectivity index is 0.00000391. The topological polar surface area (TPSA) is 123 Å². The van der Waals surface area contributed by atoms with Gasteiger partial charge in [0.2, 0.25) is 11.8 Å². The van der Waals surface area contributed by atoms with E-state index in [4.69, 9.17) is 42.1 Å². The van der Waals surface area contributed by atoms with Gasteiger partial charge in [-0.05, 0) is 24.6 Å². The Kier molecular flexibility index (Phi) is 22.4. The molecule has 0 radical (unpaired) electrons. The van der Waals surface area contributed by atoms with E-state index in [9.17, 15) is 9.59 Å². The highest BCUT2D eigenvalue weighted by Gasteiger charge is 2.18. The molecule has 1 heterocycles. The molecule has 3 N–H and O–H groups in total. The van der Waals surface area contributed by atoms with Gasteiger partial charge in [0.25, 0.3) is 0 Å². The van der Waals surface area contributed by atoms with Crippen molar-refractivity contribution < 1.29 is 28.5 Å². The fourth-order valence-electron chi connectivity index (χ4n) is 3.20. The summed E-state index contributed by atoms with van der Waals surface area (Å²) in [5.74, 6) is 0.345. The van der Waals surface area contributed by atoms with E-state index in [0.717, 1.165) is 12.2 Å². The Morgan fingerprint density at radius 1 is 0.875 bits per heavy atom. The van der Waals surface area contributed by atoms with Crippen LogP contribution in [0.5, 0.6) is 0 Å². The molecule has 0 aliphatic carbocycles. The van der Waals surface area contributed by atoms with Gasteiger partial charge in [-0.2, -0.15) is 5.10 Å². The molecule has 0 spiro atoms. The predicted molar refractivity (Wildman–Crippen MR) is 168 cm³/mol. The molecule has 1 aromatic carbocycles. The van der Waals surface area contributed by atoms with E-state index in [-0.39, 0.29) is 24.7 Å². The number of halogens is 3. The van der Waals surface area contributed by atoms with Crippen LogP contribution < -0.4 is 19.2 Å². The van der Waals surface area contributed by atoms with Gasteiger partial charge in [0.15, 0.2) is 0 Å². The van der Waals surface area contributed by atoms with Gasteiger partial charge < -0.3 is 29.6 Å². The summed E-state index contributed by atoms with van der Waals surface area (Å²) in [7, 11) is 0. The molecular formula is C26H42Cl2IN5O6. The molecule has 0 bridgehead atoms. The summed E-state index contributed by atoms with van der Waals surface area (Å²) in [5.41, 5.74) is 0.811. The third-order valence-electron chi connectivity index (χ3n) is 5.12. The summed E-state index contributed by atoms with van der Waals surface area (Å²) in [6, 6.07) is 5.28. The number of anilines is 1. The number of nitrogens with one attached hydrogen (secondary N) is 3. The van der Waals surface area contributed by atoms with Crippen molar-refractivity contribution in [2.75, 3.05) is 77.5 Å². The summed E-state index contributed by atoms with van der Waals surface area (Å²) in [6.45, 7) is 9.76. The molecule has 0 fully saturated rings. The van der Waals surface area contributed by atoms with E-state index in [1.807, 2.05) is 19.9 Å². The number of amidine groups is 1. The molecule has 0 saturated heterocycles. The van der Waals surface area contributed by atoms with Crippen LogP contribution in [0.25, 0.3) is 0 Å². The molecule has 1 aliphatic heterocycles. The zero-order chi connectivity index (χ0) is 29.4. The molecule has 14 heteroatoms. The predicted octanol–water partition coefficient (Wildman–Crippen LogP) is 3.95. The van der Waals surface area contributed by atoms with Gasteiger partial charge in [0, 0.05) is 61.8 Å². The molecule has 0 saturated carbocycles. The minimum Gasteiger partial charge on any atom is -0.379 e. The standard InChI is InChI=1S/C24H36Cl2IN5O6.C2H6/c25-20-4-3-19(18-21(20)26)32-9-5-22(31-32)30-24(34)2-1-7-28-23(33)6-10-35-12-14-37-16-17-38-15-13-36-11-8-29-27;1-2/h3-4,18,29H,1-2,5-17H2,(H,28,33)(H,30,31,34);1-2H3. The van der Waals surface area contributed by atoms with Crippen molar-refractivity contribution in [3.05, 3.63) is 28.2 Å². The van der Waals surface area contributed by atoms with Crippen LogP contribution in [0, 0.1) is 0 Å². The molecule has 0 aromatic heterocycles. The maximum Gasteiger partial charge on any atom is 0.225 e. The molecule has 228 valence electrons. The number of ether oxygens (including phenoxy) is 4. The number of nitrogens with zero attached hydrogens (tertiary/aromatic N) is 2. The Bertz CT molecular complexity index is 884. The molecule has 11 nitrogen and oxygen atoms in total. The van der Waals surface area contributed by atoms with Crippen LogP contribution >= 0.6 is 46.1 Å². The molecule has 40 heavy (non-hydrogen) atoms. The second-order valence-corrected chi connectivity index (χ2v) is 9.68. The number of carbonyl (C=O) groups is 2. The first-order valence-corrected chi connectivity index (χ1v) is 15.3. The average molecular weight is 718 g/mol. The first-order chi connectivity index (χ1) is 19.5. The van der Waals surface area contributed by atoms with Crippen LogP contribution in [0.2, 0.25) is 10.0 Å². The summed E-state index contributed by atoms with van der Waals surface area (Å²) in [5, 5.41) is 12.7. The lowest BCUT2D eigenvalue weighted by Crippen LogP contribution is -2.31. The highest BCUT2D eigenvalue weighted by atomic mass is 127. The quantitative estimate of drug-likeness (QED) is 0.105. The highest BCUT2D eigenvalue weighted by Crippen LogP contribution is 2.28. The number of amides is 2. The van der Waals surface area contributed by atoms with E-state index in [1.165, 1.54) is 0 Å². The van der Waals surface area contributed by atoms with Crippen LogP contribution in [0.4, 0.5) is 5.69 Å². The molecule has 1 aliphatic rings. The minimum atomic E-state index is -0.139. The first-order valence-electron chi connectivity index (χ1n) is 13.5. The van der Waals surface area contributed by atoms with Gasteiger partial charge in [-0.3, -0.25) is 18.1 Å². The van der Waals surface area contributed by atoms with E-state index in [2.05, 4.69) is 42.1 Å². The van der Waals surface area contributed by atoms with Crippen LogP contribution in [-0.4, -0.2) is 90.1 Å². The van der Waals surface area contributed by atoms with Gasteiger partial charge in [-0.15, -0.1) is 0 Å². The van der Waals surface area contributed by atoms with E-state index in [1.54, 1.807) is 17.1 Å². The smallest absolute Gasteiger partial charge is 0.225 e. The lowest BCUT2D eigenvalue weighted by atomic mass is 10.2. The number of hydrogen-bond donors (Lipinski definition) is 3. The van der Waals surface area contributed by atoms with Gasteiger partial charge >= 0.3 is 0 Å². The minimum absolute atomic E-state index is 0.117. The van der Waals surface area contributed by atoms with Crippen molar-refractivity contribution in [2.45, 2.75) is 39.5 Å². The summed E-state index contributed by atoms with van der Waals surface area (Å²) >= 11 is 14.1. The van der Waals surface area contributed by atoms with Crippen molar-refractivity contribution in [3.8, 4) is 0 Å². The zero-order valence-corrected chi connectivity index (χ0v) is 27.0. The second kappa shape index (κ2) is 24.3. The largest absolute Gasteiger partial charge is 0.379 e. The maximum absolute atomic E-state index is 12.2. The summed E-state index contributed by atoms with van der Waals surface area (Å²) < 4.78 is 24.5. The van der Waals surface area contributed by atoms with Crippen LogP contribution in [0.1, 0.15) is 39.5 Å². The van der Waals surface area contributed by atoms with Crippen LogP contribution in [0.3, 0.4) is 0 Å². The van der Waals surface area contributed by atoms with Crippen molar-refractivity contribution in [2.24, 2.45) is 5.10 Å². The lowest BCUT2D eigenvalue weighted by Gasteiger charge is -2.13. The van der Waals surface area contributed by atoms with Gasteiger partial charge in [0.1, 0.15) is 5.84 Å². The Hall–Kier alpha value is -1.26. The molecule has 0 atom stereocenters. The van der Waals surface area contributed by atoms with Crippen molar-refractivity contribution in [3.63, 3.8) is 0 Å². The average Bonchev–Trinajstić information content (AvgIpc) is 3.42. The van der Waals surface area contributed by atoms with E-state index in [0.29, 0.717) is 94.7 Å². The fourth-order valence-corrected chi connectivity index (χ4v) is 3.72.